The summed E-state index contributed by atoms with van der Waals surface area (Å²) in [5.74, 6) is -0.583. The summed E-state index contributed by atoms with van der Waals surface area (Å²) in [6, 6.07) is 2.09. The molecule has 0 spiro atoms. The zero-order chi connectivity index (χ0) is 14.3. The van der Waals surface area contributed by atoms with Gasteiger partial charge in [0.05, 0.1) is 5.41 Å². The number of nitrogens with zero attached hydrogens (tertiary/aromatic N) is 2. The number of rotatable bonds is 3. The predicted octanol–water partition coefficient (Wildman–Crippen LogP) is 2.19. The first-order valence-electron chi connectivity index (χ1n) is 8.25. The topological polar surface area (TPSA) is 43.8 Å². The molecular weight excluding hydrogens is 252 g/mol. The molecule has 3 aliphatic heterocycles. The number of hydrogen-bond donors (Lipinski definition) is 1. The molecule has 0 radical (unpaired) electrons. The van der Waals surface area contributed by atoms with E-state index in [1.165, 1.54) is 25.7 Å². The second-order valence-corrected chi connectivity index (χ2v) is 7.19. The molecule has 20 heavy (non-hydrogen) atoms. The Hall–Kier alpha value is -0.610. The molecule has 3 aliphatic rings. The number of hydrogen-bond acceptors (Lipinski definition) is 3. The van der Waals surface area contributed by atoms with Crippen molar-refractivity contribution < 1.29 is 9.90 Å². The van der Waals surface area contributed by atoms with Crippen molar-refractivity contribution in [1.82, 2.24) is 9.80 Å². The fourth-order valence-corrected chi connectivity index (χ4v) is 4.77. The van der Waals surface area contributed by atoms with Crippen molar-refractivity contribution in [2.45, 2.75) is 70.0 Å². The maximum atomic E-state index is 11.7. The van der Waals surface area contributed by atoms with Gasteiger partial charge in [-0.2, -0.15) is 0 Å². The Kier molecular flexibility index (Phi) is 3.80. The monoisotopic (exact) mass is 280 g/mol. The molecule has 3 unspecified atom stereocenters. The van der Waals surface area contributed by atoms with Gasteiger partial charge in [-0.05, 0) is 58.5 Å². The van der Waals surface area contributed by atoms with Crippen LogP contribution < -0.4 is 0 Å². The maximum absolute atomic E-state index is 11.7. The summed E-state index contributed by atoms with van der Waals surface area (Å²) in [7, 11) is 2.27. The number of carboxylic acids is 1. The molecule has 0 aromatic rings. The number of carboxylic acid groups (broad SMARTS) is 1. The Balaban J connectivity index is 1.70. The summed E-state index contributed by atoms with van der Waals surface area (Å²) < 4.78 is 0. The van der Waals surface area contributed by atoms with Crippen LogP contribution in [0.15, 0.2) is 0 Å². The molecule has 4 nitrogen and oxygen atoms in total. The number of carbonyl (C=O) groups is 1. The first kappa shape index (κ1) is 14.3. The highest BCUT2D eigenvalue weighted by Gasteiger charge is 2.46. The molecular formula is C16H28N2O2. The van der Waals surface area contributed by atoms with Gasteiger partial charge in [0.25, 0.3) is 0 Å². The highest BCUT2D eigenvalue weighted by Crippen LogP contribution is 2.40. The third-order valence-electron chi connectivity index (χ3n) is 6.33. The number of piperidine rings is 2. The molecule has 2 bridgehead atoms. The second kappa shape index (κ2) is 5.30. The fraction of sp³-hybridized carbons (Fsp3) is 0.938. The van der Waals surface area contributed by atoms with E-state index < -0.39 is 11.4 Å². The van der Waals surface area contributed by atoms with Crippen LogP contribution in [0.1, 0.15) is 51.9 Å². The van der Waals surface area contributed by atoms with E-state index in [9.17, 15) is 9.90 Å². The van der Waals surface area contributed by atoms with E-state index in [-0.39, 0.29) is 0 Å². The molecule has 0 aromatic carbocycles. The van der Waals surface area contributed by atoms with Crippen LogP contribution in [-0.2, 0) is 4.79 Å². The Bertz CT molecular complexity index is 373. The normalized spacial score (nSPS) is 42.8. The summed E-state index contributed by atoms with van der Waals surface area (Å²) in [5.41, 5.74) is -0.485. The van der Waals surface area contributed by atoms with Crippen LogP contribution in [0.5, 0.6) is 0 Å². The zero-order valence-electron chi connectivity index (χ0n) is 12.8. The molecule has 3 heterocycles. The molecule has 4 heteroatoms. The van der Waals surface area contributed by atoms with Crippen LogP contribution in [0.25, 0.3) is 0 Å². The lowest BCUT2D eigenvalue weighted by Crippen LogP contribution is -2.55. The van der Waals surface area contributed by atoms with Crippen LogP contribution in [0, 0.1) is 5.41 Å². The van der Waals surface area contributed by atoms with Crippen molar-refractivity contribution in [1.29, 1.82) is 0 Å². The van der Waals surface area contributed by atoms with E-state index in [2.05, 4.69) is 16.8 Å². The summed E-state index contributed by atoms with van der Waals surface area (Å²) in [6.45, 7) is 3.91. The van der Waals surface area contributed by atoms with Gasteiger partial charge in [0.2, 0.25) is 0 Å². The first-order valence-corrected chi connectivity index (χ1v) is 8.25. The zero-order valence-corrected chi connectivity index (χ0v) is 12.8. The van der Waals surface area contributed by atoms with Crippen LogP contribution in [0.2, 0.25) is 0 Å². The van der Waals surface area contributed by atoms with Crippen molar-refractivity contribution in [3.63, 3.8) is 0 Å². The Morgan fingerprint density at radius 2 is 1.90 bits per heavy atom. The number of likely N-dealkylation sites (tertiary alicyclic amines) is 1. The minimum Gasteiger partial charge on any atom is -0.481 e. The maximum Gasteiger partial charge on any atom is 0.310 e. The lowest BCUT2D eigenvalue weighted by molar-refractivity contribution is -0.154. The molecule has 3 saturated heterocycles. The third kappa shape index (κ3) is 2.27. The number of fused-ring (bicyclic) bond motifs is 2. The molecule has 0 aromatic heterocycles. The molecule has 3 rings (SSSR count). The Morgan fingerprint density at radius 3 is 2.45 bits per heavy atom. The van der Waals surface area contributed by atoms with Crippen molar-refractivity contribution in [2.24, 2.45) is 5.41 Å². The van der Waals surface area contributed by atoms with Crippen molar-refractivity contribution in [3.05, 3.63) is 0 Å². The molecule has 3 fully saturated rings. The van der Waals surface area contributed by atoms with Gasteiger partial charge in [-0.25, -0.2) is 0 Å². The largest absolute Gasteiger partial charge is 0.481 e. The summed E-state index contributed by atoms with van der Waals surface area (Å²) in [6.07, 6.45) is 7.82. The molecule has 114 valence electrons. The van der Waals surface area contributed by atoms with E-state index in [0.29, 0.717) is 6.04 Å². The van der Waals surface area contributed by atoms with E-state index in [1.54, 1.807) is 0 Å². The average molecular weight is 280 g/mol. The fourth-order valence-electron chi connectivity index (χ4n) is 4.77. The van der Waals surface area contributed by atoms with E-state index >= 15 is 0 Å². The summed E-state index contributed by atoms with van der Waals surface area (Å²) in [5, 5.41) is 9.63. The predicted molar refractivity (Wildman–Crippen MR) is 78.8 cm³/mol. The SMILES string of the molecule is CCC1(C(=O)O)CCCN(C2CC3CCC(C2)N3C)C1. The lowest BCUT2D eigenvalue weighted by atomic mass is 9.76. The Labute approximate surface area is 122 Å². The summed E-state index contributed by atoms with van der Waals surface area (Å²) in [4.78, 5) is 16.8. The molecule has 0 saturated carbocycles. The van der Waals surface area contributed by atoms with Crippen LogP contribution in [0.3, 0.4) is 0 Å². The van der Waals surface area contributed by atoms with Crippen molar-refractivity contribution >= 4 is 5.97 Å². The second-order valence-electron chi connectivity index (χ2n) is 7.19. The molecule has 0 amide bonds. The van der Waals surface area contributed by atoms with Crippen LogP contribution in [-0.4, -0.2) is 59.1 Å². The van der Waals surface area contributed by atoms with Gasteiger partial charge in [0, 0.05) is 24.7 Å². The van der Waals surface area contributed by atoms with E-state index in [1.807, 2.05) is 6.92 Å². The van der Waals surface area contributed by atoms with Gasteiger partial charge >= 0.3 is 5.97 Å². The number of aliphatic carboxylic acids is 1. The summed E-state index contributed by atoms with van der Waals surface area (Å²) >= 11 is 0. The average Bonchev–Trinajstić information content (AvgIpc) is 2.68. The van der Waals surface area contributed by atoms with Gasteiger partial charge in [-0.3, -0.25) is 9.69 Å². The molecule has 0 aliphatic carbocycles. The highest BCUT2D eigenvalue weighted by molar-refractivity contribution is 5.75. The molecule has 1 N–H and O–H groups in total. The quantitative estimate of drug-likeness (QED) is 0.860. The smallest absolute Gasteiger partial charge is 0.310 e. The van der Waals surface area contributed by atoms with Crippen molar-refractivity contribution in [3.8, 4) is 0 Å². The third-order valence-corrected chi connectivity index (χ3v) is 6.33. The van der Waals surface area contributed by atoms with Gasteiger partial charge in [-0.15, -0.1) is 0 Å². The van der Waals surface area contributed by atoms with E-state index in [0.717, 1.165) is 44.4 Å². The first-order chi connectivity index (χ1) is 9.55. The van der Waals surface area contributed by atoms with E-state index in [4.69, 9.17) is 0 Å². The minimum atomic E-state index is -0.583. The minimum absolute atomic E-state index is 0.485. The van der Waals surface area contributed by atoms with Gasteiger partial charge in [0.1, 0.15) is 0 Å². The van der Waals surface area contributed by atoms with Crippen LogP contribution >= 0.6 is 0 Å². The van der Waals surface area contributed by atoms with Gasteiger partial charge in [-0.1, -0.05) is 6.92 Å². The molecule has 3 atom stereocenters. The standard InChI is InChI=1S/C16H28N2O2/c1-3-16(15(19)20)7-4-8-18(11-16)14-9-12-5-6-13(10-14)17(12)2/h12-14H,3-11H2,1-2H3,(H,19,20). The lowest BCUT2D eigenvalue weighted by Gasteiger charge is -2.47. The van der Waals surface area contributed by atoms with Crippen LogP contribution in [0.4, 0.5) is 0 Å². The Morgan fingerprint density at radius 1 is 1.25 bits per heavy atom. The van der Waals surface area contributed by atoms with Gasteiger partial charge in [0.15, 0.2) is 0 Å². The van der Waals surface area contributed by atoms with Crippen molar-refractivity contribution in [2.75, 3.05) is 20.1 Å². The highest BCUT2D eigenvalue weighted by atomic mass is 16.4. The van der Waals surface area contributed by atoms with Gasteiger partial charge < -0.3 is 10.0 Å².